The van der Waals surface area contributed by atoms with Gasteiger partial charge in [0.25, 0.3) is 0 Å². The fourth-order valence-corrected chi connectivity index (χ4v) is 1.79. The molecule has 1 aromatic heterocycles. The summed E-state index contributed by atoms with van der Waals surface area (Å²) in [6.45, 7) is 0.637. The van der Waals surface area contributed by atoms with Gasteiger partial charge in [-0.2, -0.15) is 0 Å². The van der Waals surface area contributed by atoms with Crippen LogP contribution in [0.3, 0.4) is 0 Å². The summed E-state index contributed by atoms with van der Waals surface area (Å²) in [7, 11) is 0. The van der Waals surface area contributed by atoms with E-state index in [0.29, 0.717) is 12.2 Å². The van der Waals surface area contributed by atoms with Crippen LogP contribution in [0.2, 0.25) is 0 Å². The van der Waals surface area contributed by atoms with Crippen LogP contribution in [0.1, 0.15) is 17.5 Å². The molecule has 0 radical (unpaired) electrons. The second kappa shape index (κ2) is 7.13. The highest BCUT2D eigenvalue weighted by atomic mass is 16.5. The molecule has 0 aliphatic rings. The van der Waals surface area contributed by atoms with Crippen molar-refractivity contribution in [2.75, 3.05) is 6.61 Å². The minimum atomic E-state index is 0.0909. The highest BCUT2D eigenvalue weighted by Gasteiger charge is 2.00. The molecule has 1 aromatic carbocycles. The average molecular weight is 271 g/mol. The van der Waals surface area contributed by atoms with Crippen LogP contribution in [0.4, 0.5) is 0 Å². The molecule has 0 spiro atoms. The van der Waals surface area contributed by atoms with Crippen molar-refractivity contribution in [1.29, 1.82) is 0 Å². The summed E-state index contributed by atoms with van der Waals surface area (Å²) < 4.78 is 5.63. The molecule has 0 amide bonds. The molecule has 3 N–H and O–H groups in total. The minimum absolute atomic E-state index is 0.0909. The van der Waals surface area contributed by atoms with Crippen LogP contribution in [0.5, 0.6) is 5.75 Å². The number of aromatic nitrogens is 1. The largest absolute Gasteiger partial charge is 0.494 e. The summed E-state index contributed by atoms with van der Waals surface area (Å²) in [6.07, 6.45) is 5.50. The van der Waals surface area contributed by atoms with E-state index in [1.54, 1.807) is 30.5 Å². The maximum Gasteiger partial charge on any atom is 0.170 e. The number of nitrogens with zero attached hydrogens (tertiary/aromatic N) is 2. The highest BCUT2D eigenvalue weighted by Crippen LogP contribution is 2.12. The molecule has 20 heavy (non-hydrogen) atoms. The van der Waals surface area contributed by atoms with E-state index in [1.165, 1.54) is 5.56 Å². The van der Waals surface area contributed by atoms with E-state index in [1.807, 2.05) is 12.3 Å². The van der Waals surface area contributed by atoms with Crippen molar-refractivity contribution in [2.24, 2.45) is 10.9 Å². The molecule has 0 aliphatic heterocycles. The van der Waals surface area contributed by atoms with Crippen LogP contribution in [0.25, 0.3) is 0 Å². The molecule has 2 rings (SSSR count). The maximum atomic E-state index is 8.57. The van der Waals surface area contributed by atoms with E-state index in [2.05, 4.69) is 16.2 Å². The lowest BCUT2D eigenvalue weighted by molar-refractivity contribution is 0.311. The Bertz CT molecular complexity index is 553. The van der Waals surface area contributed by atoms with Gasteiger partial charge in [0.05, 0.1) is 6.61 Å². The van der Waals surface area contributed by atoms with Gasteiger partial charge in [-0.3, -0.25) is 4.98 Å². The summed E-state index contributed by atoms with van der Waals surface area (Å²) in [5.41, 5.74) is 7.35. The first-order valence-electron chi connectivity index (χ1n) is 6.39. The number of hydrogen-bond acceptors (Lipinski definition) is 4. The van der Waals surface area contributed by atoms with Crippen LogP contribution in [0.15, 0.2) is 53.9 Å². The zero-order chi connectivity index (χ0) is 14.2. The summed E-state index contributed by atoms with van der Waals surface area (Å²) >= 11 is 0. The Morgan fingerprint density at radius 2 is 2.05 bits per heavy atom. The Morgan fingerprint density at radius 3 is 2.70 bits per heavy atom. The van der Waals surface area contributed by atoms with Gasteiger partial charge in [0.2, 0.25) is 0 Å². The van der Waals surface area contributed by atoms with Gasteiger partial charge in [-0.05, 0) is 48.7 Å². The number of hydrogen-bond donors (Lipinski definition) is 2. The number of pyridine rings is 1. The molecule has 0 unspecified atom stereocenters. The molecular weight excluding hydrogens is 254 g/mol. The van der Waals surface area contributed by atoms with E-state index in [4.69, 9.17) is 15.7 Å². The SMILES string of the molecule is NC(=NO)c1ccc(OCCCc2cccnc2)cc1. The minimum Gasteiger partial charge on any atom is -0.494 e. The fraction of sp³-hybridized carbons (Fsp3) is 0.200. The van der Waals surface area contributed by atoms with Crippen molar-refractivity contribution in [3.05, 3.63) is 59.9 Å². The van der Waals surface area contributed by atoms with Crippen molar-refractivity contribution in [1.82, 2.24) is 4.98 Å². The predicted octanol–water partition coefficient (Wildman–Crippen LogP) is 2.19. The summed E-state index contributed by atoms with van der Waals surface area (Å²) in [6, 6.07) is 11.1. The third kappa shape index (κ3) is 3.98. The first kappa shape index (κ1) is 13.9. The smallest absolute Gasteiger partial charge is 0.170 e. The fourth-order valence-electron chi connectivity index (χ4n) is 1.79. The van der Waals surface area contributed by atoms with Gasteiger partial charge in [0, 0.05) is 18.0 Å². The number of rotatable bonds is 6. The van der Waals surface area contributed by atoms with Crippen LogP contribution in [-0.2, 0) is 6.42 Å². The van der Waals surface area contributed by atoms with Crippen molar-refractivity contribution in [3.63, 3.8) is 0 Å². The highest BCUT2D eigenvalue weighted by molar-refractivity contribution is 5.97. The molecule has 0 aliphatic carbocycles. The molecule has 0 saturated carbocycles. The van der Waals surface area contributed by atoms with Gasteiger partial charge in [0.15, 0.2) is 5.84 Å². The second-order valence-corrected chi connectivity index (χ2v) is 4.32. The van der Waals surface area contributed by atoms with E-state index in [0.717, 1.165) is 18.6 Å². The van der Waals surface area contributed by atoms with Gasteiger partial charge in [0.1, 0.15) is 5.75 Å². The summed E-state index contributed by atoms with van der Waals surface area (Å²) in [5.74, 6) is 0.860. The van der Waals surface area contributed by atoms with Gasteiger partial charge < -0.3 is 15.7 Å². The molecule has 104 valence electrons. The van der Waals surface area contributed by atoms with E-state index >= 15 is 0 Å². The number of ether oxygens (including phenoxy) is 1. The topological polar surface area (TPSA) is 80.7 Å². The average Bonchev–Trinajstić information content (AvgIpc) is 2.52. The first-order chi connectivity index (χ1) is 9.79. The van der Waals surface area contributed by atoms with Crippen molar-refractivity contribution < 1.29 is 9.94 Å². The number of benzene rings is 1. The monoisotopic (exact) mass is 271 g/mol. The number of nitrogens with two attached hydrogens (primary N) is 1. The van der Waals surface area contributed by atoms with Gasteiger partial charge >= 0.3 is 0 Å². The standard InChI is InChI=1S/C15H17N3O2/c16-15(18-19)13-5-7-14(8-6-13)20-10-2-4-12-3-1-9-17-11-12/h1,3,5-9,11,19H,2,4,10H2,(H2,16,18). The van der Waals surface area contributed by atoms with E-state index < -0.39 is 0 Å². The van der Waals surface area contributed by atoms with Crippen LogP contribution in [-0.4, -0.2) is 22.6 Å². The molecule has 0 fully saturated rings. The third-order valence-electron chi connectivity index (χ3n) is 2.86. The van der Waals surface area contributed by atoms with Crippen molar-refractivity contribution in [3.8, 4) is 5.75 Å². The lowest BCUT2D eigenvalue weighted by atomic mass is 10.2. The van der Waals surface area contributed by atoms with E-state index in [9.17, 15) is 0 Å². The lowest BCUT2D eigenvalue weighted by Gasteiger charge is -2.07. The van der Waals surface area contributed by atoms with E-state index in [-0.39, 0.29) is 5.84 Å². The zero-order valence-electron chi connectivity index (χ0n) is 11.1. The predicted molar refractivity (Wildman–Crippen MR) is 77.0 cm³/mol. The summed E-state index contributed by atoms with van der Waals surface area (Å²) in [5, 5.41) is 11.5. The number of oxime groups is 1. The molecule has 1 heterocycles. The molecule has 0 bridgehead atoms. The van der Waals surface area contributed by atoms with Crippen LogP contribution >= 0.6 is 0 Å². The molecular formula is C15H17N3O2. The first-order valence-corrected chi connectivity index (χ1v) is 6.39. The third-order valence-corrected chi connectivity index (χ3v) is 2.86. The molecule has 5 nitrogen and oxygen atoms in total. The lowest BCUT2D eigenvalue weighted by Crippen LogP contribution is -2.12. The Morgan fingerprint density at radius 1 is 1.25 bits per heavy atom. The van der Waals surface area contributed by atoms with Crippen LogP contribution < -0.4 is 10.5 Å². The number of aryl methyl sites for hydroxylation is 1. The molecule has 2 aromatic rings. The summed E-state index contributed by atoms with van der Waals surface area (Å²) in [4.78, 5) is 4.07. The second-order valence-electron chi connectivity index (χ2n) is 4.32. The normalized spacial score (nSPS) is 11.3. The zero-order valence-corrected chi connectivity index (χ0v) is 11.1. The molecule has 0 saturated heterocycles. The Balaban J connectivity index is 1.77. The quantitative estimate of drug-likeness (QED) is 0.277. The molecule has 5 heteroatoms. The van der Waals surface area contributed by atoms with Gasteiger partial charge in [-0.1, -0.05) is 11.2 Å². The Kier molecular flexibility index (Phi) is 4.94. The number of amidine groups is 1. The van der Waals surface area contributed by atoms with Gasteiger partial charge in [-0.25, -0.2) is 0 Å². The Labute approximate surface area is 117 Å². The maximum absolute atomic E-state index is 8.57. The van der Waals surface area contributed by atoms with Crippen molar-refractivity contribution >= 4 is 5.84 Å². The van der Waals surface area contributed by atoms with Crippen LogP contribution in [0, 0.1) is 0 Å². The Hall–Kier alpha value is -2.56. The molecule has 0 atom stereocenters. The van der Waals surface area contributed by atoms with Crippen molar-refractivity contribution in [2.45, 2.75) is 12.8 Å². The van der Waals surface area contributed by atoms with Gasteiger partial charge in [-0.15, -0.1) is 0 Å².